The molecule has 2 aliphatic rings. The Bertz CT molecular complexity index is 3030. The number of aryl methyl sites for hydroxylation is 2. The van der Waals surface area contributed by atoms with Crippen molar-refractivity contribution in [1.29, 1.82) is 0 Å². The second kappa shape index (κ2) is 25.1. The molecule has 77 heavy (non-hydrogen) atoms. The lowest BCUT2D eigenvalue weighted by Gasteiger charge is -2.35. The largest absolute Gasteiger partial charge is 0.489 e. The van der Waals surface area contributed by atoms with Crippen molar-refractivity contribution in [2.75, 3.05) is 30.3 Å². The highest BCUT2D eigenvalue weighted by molar-refractivity contribution is 7.92. The number of hydrogen-bond donors (Lipinski definition) is 5. The average molecular weight is 1110 g/mol. The number of nitrogens with zero attached hydrogens (tertiary/aromatic N) is 5. The Morgan fingerprint density at radius 3 is 2.23 bits per heavy atom. The van der Waals surface area contributed by atoms with Gasteiger partial charge in [-0.2, -0.15) is 4.98 Å². The summed E-state index contributed by atoms with van der Waals surface area (Å²) in [5.74, 6) is 0.138. The summed E-state index contributed by atoms with van der Waals surface area (Å²) in [7, 11) is -3.61. The van der Waals surface area contributed by atoms with E-state index in [0.29, 0.717) is 43.1 Å². The number of anilines is 4. The van der Waals surface area contributed by atoms with Crippen LogP contribution >= 0.6 is 22.9 Å². The molecule has 0 saturated carbocycles. The number of aliphatic hydroxyl groups is 1. The summed E-state index contributed by atoms with van der Waals surface area (Å²) in [5, 5.41) is 22.7. The first-order chi connectivity index (χ1) is 36.4. The third kappa shape index (κ3) is 14.5. The lowest BCUT2D eigenvalue weighted by molar-refractivity contribution is -0.144. The fourth-order valence-corrected chi connectivity index (χ4v) is 12.0. The molecule has 5 N–H and O–H groups in total. The van der Waals surface area contributed by atoms with Crippen LogP contribution in [0.5, 0.6) is 5.75 Å². The summed E-state index contributed by atoms with van der Waals surface area (Å²) in [6, 6.07) is 16.4. The van der Waals surface area contributed by atoms with Gasteiger partial charge in [-0.1, -0.05) is 68.8 Å². The summed E-state index contributed by atoms with van der Waals surface area (Å²) in [6.45, 7) is 19.7. The third-order valence-corrected chi connectivity index (χ3v) is 17.6. The molecule has 7 rings (SSSR count). The summed E-state index contributed by atoms with van der Waals surface area (Å²) in [6.07, 6.45) is 3.35. The van der Waals surface area contributed by atoms with Crippen LogP contribution in [-0.4, -0.2) is 111 Å². The maximum absolute atomic E-state index is 14.2. The summed E-state index contributed by atoms with van der Waals surface area (Å²) in [4.78, 5) is 72.8. The van der Waals surface area contributed by atoms with Gasteiger partial charge >= 0.3 is 0 Å². The zero-order chi connectivity index (χ0) is 55.9. The molecule has 0 spiro atoms. The van der Waals surface area contributed by atoms with Gasteiger partial charge < -0.3 is 40.9 Å². The van der Waals surface area contributed by atoms with Crippen LogP contribution < -0.4 is 26.0 Å². The Hall–Kier alpha value is -6.15. The number of carbonyl (C=O) groups excluding carboxylic acids is 4. The predicted octanol–water partition coefficient (Wildman–Crippen LogP) is 9.96. The quantitative estimate of drug-likeness (QED) is 0.0458. The van der Waals surface area contributed by atoms with Gasteiger partial charge in [0.2, 0.25) is 29.6 Å². The lowest BCUT2D eigenvalue weighted by atomic mass is 9.85. The molecule has 2 aromatic heterocycles. The monoisotopic (exact) mass is 1110 g/mol. The number of piperidine rings is 1. The molecule has 4 atom stereocenters. The Balaban J connectivity index is 0.896. The molecule has 4 amide bonds. The Kier molecular flexibility index (Phi) is 19.1. The zero-order valence-corrected chi connectivity index (χ0v) is 48.2. The van der Waals surface area contributed by atoms with E-state index in [9.17, 15) is 32.7 Å². The van der Waals surface area contributed by atoms with Crippen LogP contribution in [-0.2, 0) is 29.0 Å². The van der Waals surface area contributed by atoms with Crippen LogP contribution in [0.2, 0.25) is 5.02 Å². The standard InChI is InChI=1S/C57H74ClN9O8S2/c1-33(2)75-47-29-42(35(5)27-45(47)63-56-59-30-43(58)53(65-56)62-44-15-11-12-16-48(44)77(73,74)34(3)4)39-23-25-66(26-24-39)50(70)18-14-13-17-49(69)64-52(57(8,9)10)55(72)67-31-41(68)28-46(67)54(71)61-36(6)38-19-21-40(22-20-38)51-37(7)60-32-76-51/h11-12,15-16,19-22,27,29-30,32-34,36,39,41,46,52,68H,13-14,17-18,23-26,28,31H2,1-10H3,(H,61,71)(H,64,69)(H2,59,62,63,65)/t36-,41+,46-,52?/m0/s1. The van der Waals surface area contributed by atoms with Crippen LogP contribution in [0.4, 0.5) is 23.1 Å². The molecule has 2 fully saturated rings. The van der Waals surface area contributed by atoms with E-state index in [1.165, 1.54) is 11.1 Å². The topological polar surface area (TPSA) is 225 Å². The third-order valence-electron chi connectivity index (χ3n) is 14.2. The smallest absolute Gasteiger partial charge is 0.246 e. The number of hydrogen-bond acceptors (Lipinski definition) is 14. The van der Waals surface area contributed by atoms with Crippen molar-refractivity contribution >= 4 is 79.5 Å². The fraction of sp³-hybridized carbons (Fsp3) is 0.491. The molecule has 1 unspecified atom stereocenters. The highest BCUT2D eigenvalue weighted by atomic mass is 35.5. The van der Waals surface area contributed by atoms with Crippen LogP contribution in [0.3, 0.4) is 0 Å². The second-order valence-electron chi connectivity index (χ2n) is 21.8. The van der Waals surface area contributed by atoms with Crippen LogP contribution in [0.1, 0.15) is 135 Å². The molecule has 20 heteroatoms. The van der Waals surface area contributed by atoms with Gasteiger partial charge in [-0.15, -0.1) is 11.3 Å². The van der Waals surface area contributed by atoms with E-state index in [1.807, 2.05) is 102 Å². The predicted molar refractivity (Wildman–Crippen MR) is 303 cm³/mol. The van der Waals surface area contributed by atoms with E-state index >= 15 is 0 Å². The molecule has 2 saturated heterocycles. The first-order valence-electron chi connectivity index (χ1n) is 26.5. The van der Waals surface area contributed by atoms with Gasteiger partial charge in [0.25, 0.3) is 0 Å². The number of amides is 4. The van der Waals surface area contributed by atoms with Gasteiger partial charge in [0.05, 0.1) is 62.0 Å². The Labute approximate surface area is 462 Å². The van der Waals surface area contributed by atoms with Crippen LogP contribution in [0.25, 0.3) is 10.4 Å². The minimum absolute atomic E-state index is 0.0246. The molecular formula is C57H74ClN9O8S2. The second-order valence-corrected chi connectivity index (χ2v) is 25.6. The van der Waals surface area contributed by atoms with E-state index in [-0.39, 0.29) is 83.3 Å². The number of likely N-dealkylation sites (tertiary alicyclic amines) is 2. The van der Waals surface area contributed by atoms with E-state index in [4.69, 9.17) is 16.3 Å². The van der Waals surface area contributed by atoms with Crippen LogP contribution in [0, 0.1) is 19.3 Å². The number of nitrogens with one attached hydrogen (secondary N) is 4. The molecule has 2 aliphatic heterocycles. The number of β-amino-alcohol motifs (C(OH)–C–C–N with tert-alkyl or cyclic N) is 1. The number of rotatable bonds is 20. The first kappa shape index (κ1) is 58.5. The highest BCUT2D eigenvalue weighted by Crippen LogP contribution is 2.39. The maximum atomic E-state index is 14.2. The van der Waals surface area contributed by atoms with E-state index in [0.717, 1.165) is 45.7 Å². The van der Waals surface area contributed by atoms with Gasteiger partial charge in [-0.3, -0.25) is 19.2 Å². The van der Waals surface area contributed by atoms with Gasteiger partial charge in [0.1, 0.15) is 22.9 Å². The van der Waals surface area contributed by atoms with Crippen molar-refractivity contribution in [2.24, 2.45) is 5.41 Å². The maximum Gasteiger partial charge on any atom is 0.246 e. The number of para-hydroxylation sites is 1. The Morgan fingerprint density at radius 1 is 0.896 bits per heavy atom. The molecule has 17 nitrogen and oxygen atoms in total. The lowest BCUT2D eigenvalue weighted by Crippen LogP contribution is -2.57. The van der Waals surface area contributed by atoms with Crippen molar-refractivity contribution < 1.29 is 37.4 Å². The molecule has 0 radical (unpaired) electrons. The Morgan fingerprint density at radius 2 is 1.58 bits per heavy atom. The zero-order valence-electron chi connectivity index (χ0n) is 45.8. The number of unbranched alkanes of at least 4 members (excludes halogenated alkanes) is 1. The molecule has 5 aromatic rings. The van der Waals surface area contributed by atoms with Gasteiger partial charge in [0, 0.05) is 38.9 Å². The van der Waals surface area contributed by atoms with E-state index in [2.05, 4.69) is 36.2 Å². The van der Waals surface area contributed by atoms with E-state index < -0.39 is 44.6 Å². The molecular weight excluding hydrogens is 1040 g/mol. The minimum atomic E-state index is -3.61. The minimum Gasteiger partial charge on any atom is -0.489 e. The summed E-state index contributed by atoms with van der Waals surface area (Å²) in [5.41, 5.74) is 7.13. The van der Waals surface area contributed by atoms with Gasteiger partial charge in [-0.25, -0.2) is 18.4 Å². The molecule has 0 bridgehead atoms. The van der Waals surface area contributed by atoms with Crippen molar-refractivity contribution in [1.82, 2.24) is 35.4 Å². The van der Waals surface area contributed by atoms with Gasteiger partial charge in [-0.05, 0) is 132 Å². The number of aliphatic hydroxyl groups excluding tert-OH is 1. The summed E-state index contributed by atoms with van der Waals surface area (Å²) >= 11 is 8.10. The number of aromatic nitrogens is 3. The van der Waals surface area contributed by atoms with E-state index in [1.54, 1.807) is 49.4 Å². The highest BCUT2D eigenvalue weighted by Gasteiger charge is 2.45. The van der Waals surface area contributed by atoms with Crippen molar-refractivity contribution in [2.45, 2.75) is 161 Å². The molecule has 3 aromatic carbocycles. The number of halogens is 1. The molecule has 0 aliphatic carbocycles. The van der Waals surface area contributed by atoms with Gasteiger partial charge in [0.15, 0.2) is 15.7 Å². The number of ether oxygens (including phenoxy) is 1. The number of sulfone groups is 1. The molecule has 414 valence electrons. The molecule has 4 heterocycles. The van der Waals surface area contributed by atoms with Crippen LogP contribution in [0.15, 0.2) is 77.3 Å². The summed E-state index contributed by atoms with van der Waals surface area (Å²) < 4.78 is 32.6. The number of thiazole rings is 1. The number of carbonyl (C=O) groups is 4. The van der Waals surface area contributed by atoms with Crippen molar-refractivity contribution in [3.05, 3.63) is 99.8 Å². The van der Waals surface area contributed by atoms with Crippen molar-refractivity contribution in [3.63, 3.8) is 0 Å². The fourth-order valence-electron chi connectivity index (χ4n) is 9.84. The number of benzene rings is 3. The normalized spacial score (nSPS) is 17.1. The first-order valence-corrected chi connectivity index (χ1v) is 29.3. The average Bonchev–Trinajstić information content (AvgIpc) is 4.01. The SMILES string of the molecule is Cc1cc(Nc2ncc(Cl)c(Nc3ccccc3S(=O)(=O)C(C)C)n2)c(OC(C)C)cc1C1CCN(C(=O)CCCCC(=O)NC(C(=O)N2C[C@H](O)C[C@H]2C(=O)N[C@@H](C)c2ccc(-c3scnc3C)cc2)C(C)(C)C)CC1. The van der Waals surface area contributed by atoms with Crippen molar-refractivity contribution in [3.8, 4) is 16.2 Å².